The summed E-state index contributed by atoms with van der Waals surface area (Å²) in [4.78, 5) is 8.30. The van der Waals surface area contributed by atoms with E-state index in [1.165, 1.54) is 6.26 Å². The fourth-order valence-electron chi connectivity index (χ4n) is 1.57. The van der Waals surface area contributed by atoms with Crippen LogP contribution in [0.15, 0.2) is 35.4 Å². The van der Waals surface area contributed by atoms with Gasteiger partial charge in [-0.2, -0.15) is 0 Å². The molecule has 1 heterocycles. The quantitative estimate of drug-likeness (QED) is 0.794. The molecule has 2 rings (SSSR count). The van der Waals surface area contributed by atoms with Crippen LogP contribution >= 0.6 is 11.6 Å². The Hall–Kier alpha value is -1.46. The van der Waals surface area contributed by atoms with Crippen molar-refractivity contribution in [3.63, 3.8) is 0 Å². The van der Waals surface area contributed by atoms with Crippen molar-refractivity contribution < 1.29 is 8.42 Å². The minimum atomic E-state index is -3.18. The van der Waals surface area contributed by atoms with Crippen molar-refractivity contribution in [3.8, 4) is 11.3 Å². The van der Waals surface area contributed by atoms with Gasteiger partial charge in [-0.15, -0.1) is 0 Å². The number of benzene rings is 1. The third-order valence-corrected chi connectivity index (χ3v) is 3.81. The first-order chi connectivity index (χ1) is 8.38. The SMILES string of the molecule is Cc1cnc(Cl)nc1-c1ccc(S(C)(=O)=O)cc1. The van der Waals surface area contributed by atoms with Crippen molar-refractivity contribution in [2.24, 2.45) is 0 Å². The van der Waals surface area contributed by atoms with Gasteiger partial charge in [-0.3, -0.25) is 0 Å². The van der Waals surface area contributed by atoms with Crippen LogP contribution in [-0.2, 0) is 9.84 Å². The molecule has 0 aliphatic heterocycles. The van der Waals surface area contributed by atoms with Gasteiger partial charge < -0.3 is 0 Å². The normalized spacial score (nSPS) is 11.5. The molecule has 4 nitrogen and oxygen atoms in total. The van der Waals surface area contributed by atoms with Crippen LogP contribution in [0.2, 0.25) is 5.28 Å². The molecule has 94 valence electrons. The lowest BCUT2D eigenvalue weighted by molar-refractivity contribution is 0.602. The minimum Gasteiger partial charge on any atom is -0.226 e. The third-order valence-electron chi connectivity index (χ3n) is 2.50. The third kappa shape index (κ3) is 2.68. The van der Waals surface area contributed by atoms with Crippen LogP contribution in [0.4, 0.5) is 0 Å². The maximum atomic E-state index is 11.4. The predicted octanol–water partition coefficient (Wildman–Crippen LogP) is 2.51. The molecule has 0 bridgehead atoms. The van der Waals surface area contributed by atoms with Crippen LogP contribution in [0.3, 0.4) is 0 Å². The molecule has 0 atom stereocenters. The Kier molecular flexibility index (Phi) is 3.36. The minimum absolute atomic E-state index is 0.169. The summed E-state index contributed by atoms with van der Waals surface area (Å²) in [5.41, 5.74) is 2.39. The Balaban J connectivity index is 2.50. The molecule has 1 aromatic carbocycles. The first-order valence-electron chi connectivity index (χ1n) is 5.17. The van der Waals surface area contributed by atoms with Crippen LogP contribution in [0, 0.1) is 6.92 Å². The number of nitrogens with zero attached hydrogens (tertiary/aromatic N) is 2. The Bertz CT molecular complexity index is 682. The van der Waals surface area contributed by atoms with Gasteiger partial charge in [-0.1, -0.05) is 12.1 Å². The van der Waals surface area contributed by atoms with E-state index >= 15 is 0 Å². The Morgan fingerprint density at radius 1 is 1.17 bits per heavy atom. The van der Waals surface area contributed by atoms with Gasteiger partial charge in [-0.25, -0.2) is 18.4 Å². The maximum absolute atomic E-state index is 11.4. The van der Waals surface area contributed by atoms with Crippen LogP contribution in [0.1, 0.15) is 5.56 Å². The smallest absolute Gasteiger partial charge is 0.222 e. The van der Waals surface area contributed by atoms with Crippen molar-refractivity contribution in [2.75, 3.05) is 6.26 Å². The first-order valence-corrected chi connectivity index (χ1v) is 7.44. The molecule has 0 unspecified atom stereocenters. The average Bonchev–Trinajstić information content (AvgIpc) is 2.31. The van der Waals surface area contributed by atoms with Crippen LogP contribution < -0.4 is 0 Å². The molecule has 1 aromatic heterocycles. The Morgan fingerprint density at radius 2 is 1.78 bits per heavy atom. The molecule has 6 heteroatoms. The second-order valence-electron chi connectivity index (χ2n) is 3.97. The molecule has 2 aromatic rings. The van der Waals surface area contributed by atoms with Gasteiger partial charge in [0.05, 0.1) is 10.6 Å². The number of aryl methyl sites for hydroxylation is 1. The molecular weight excluding hydrogens is 272 g/mol. The predicted molar refractivity (Wildman–Crippen MR) is 70.3 cm³/mol. The lowest BCUT2D eigenvalue weighted by atomic mass is 10.1. The highest BCUT2D eigenvalue weighted by molar-refractivity contribution is 7.90. The molecule has 0 aliphatic carbocycles. The highest BCUT2D eigenvalue weighted by Gasteiger charge is 2.09. The molecule has 0 saturated heterocycles. The van der Waals surface area contributed by atoms with E-state index in [0.29, 0.717) is 5.69 Å². The first kappa shape index (κ1) is 13.0. The maximum Gasteiger partial charge on any atom is 0.222 e. The van der Waals surface area contributed by atoms with E-state index in [4.69, 9.17) is 11.6 Å². The molecule has 0 amide bonds. The number of rotatable bonds is 2. The van der Waals surface area contributed by atoms with Gasteiger partial charge in [0.2, 0.25) is 5.28 Å². The van der Waals surface area contributed by atoms with Crippen molar-refractivity contribution >= 4 is 21.4 Å². The summed E-state index contributed by atoms with van der Waals surface area (Å²) in [7, 11) is -3.18. The molecular formula is C12H11ClN2O2S. The van der Waals surface area contributed by atoms with Crippen molar-refractivity contribution in [2.45, 2.75) is 11.8 Å². The monoisotopic (exact) mass is 282 g/mol. The summed E-state index contributed by atoms with van der Waals surface area (Å²) in [6, 6.07) is 6.53. The molecule has 18 heavy (non-hydrogen) atoms. The second-order valence-corrected chi connectivity index (χ2v) is 6.32. The number of hydrogen-bond donors (Lipinski definition) is 0. The van der Waals surface area contributed by atoms with E-state index in [0.717, 1.165) is 11.1 Å². The molecule has 0 radical (unpaired) electrons. The lowest BCUT2D eigenvalue weighted by Crippen LogP contribution is -1.97. The van der Waals surface area contributed by atoms with Crippen LogP contribution in [-0.4, -0.2) is 24.6 Å². The number of sulfone groups is 1. The van der Waals surface area contributed by atoms with E-state index in [-0.39, 0.29) is 10.2 Å². The van der Waals surface area contributed by atoms with Gasteiger partial charge in [-0.05, 0) is 36.2 Å². The number of aromatic nitrogens is 2. The summed E-state index contributed by atoms with van der Waals surface area (Å²) in [6.45, 7) is 1.87. The van der Waals surface area contributed by atoms with E-state index < -0.39 is 9.84 Å². The zero-order valence-corrected chi connectivity index (χ0v) is 11.5. The fourth-order valence-corrected chi connectivity index (χ4v) is 2.34. The van der Waals surface area contributed by atoms with Gasteiger partial charge in [0.15, 0.2) is 9.84 Å². The summed E-state index contributed by atoms with van der Waals surface area (Å²) in [5, 5.41) is 0.169. The second kappa shape index (κ2) is 4.66. The largest absolute Gasteiger partial charge is 0.226 e. The molecule has 0 fully saturated rings. The summed E-state index contributed by atoms with van der Waals surface area (Å²) in [5.74, 6) is 0. The highest BCUT2D eigenvalue weighted by atomic mass is 35.5. The average molecular weight is 283 g/mol. The van der Waals surface area contributed by atoms with Crippen LogP contribution in [0.5, 0.6) is 0 Å². The molecule has 0 saturated carbocycles. The zero-order valence-electron chi connectivity index (χ0n) is 9.88. The number of halogens is 1. The lowest BCUT2D eigenvalue weighted by Gasteiger charge is -2.05. The summed E-state index contributed by atoms with van der Waals surface area (Å²) < 4.78 is 22.7. The van der Waals surface area contributed by atoms with E-state index in [2.05, 4.69) is 9.97 Å². The van der Waals surface area contributed by atoms with Crippen molar-refractivity contribution in [1.82, 2.24) is 9.97 Å². The molecule has 0 aliphatic rings. The van der Waals surface area contributed by atoms with Gasteiger partial charge in [0, 0.05) is 18.0 Å². The van der Waals surface area contributed by atoms with Gasteiger partial charge >= 0.3 is 0 Å². The number of hydrogen-bond acceptors (Lipinski definition) is 4. The van der Waals surface area contributed by atoms with E-state index in [1.54, 1.807) is 30.5 Å². The summed E-state index contributed by atoms with van der Waals surface area (Å²) >= 11 is 5.75. The standard InChI is InChI=1S/C12H11ClN2O2S/c1-8-7-14-12(13)15-11(8)9-3-5-10(6-4-9)18(2,16)17/h3-7H,1-2H3. The van der Waals surface area contributed by atoms with Crippen molar-refractivity contribution in [3.05, 3.63) is 41.3 Å². The highest BCUT2D eigenvalue weighted by Crippen LogP contribution is 2.23. The van der Waals surface area contributed by atoms with E-state index in [1.807, 2.05) is 6.92 Å². The van der Waals surface area contributed by atoms with Gasteiger partial charge in [0.1, 0.15) is 0 Å². The van der Waals surface area contributed by atoms with Gasteiger partial charge in [0.25, 0.3) is 0 Å². The zero-order chi connectivity index (χ0) is 13.3. The van der Waals surface area contributed by atoms with E-state index in [9.17, 15) is 8.42 Å². The van der Waals surface area contributed by atoms with Crippen molar-refractivity contribution in [1.29, 1.82) is 0 Å². The molecule has 0 N–H and O–H groups in total. The molecule has 0 spiro atoms. The van der Waals surface area contributed by atoms with Crippen LogP contribution in [0.25, 0.3) is 11.3 Å². The fraction of sp³-hybridized carbons (Fsp3) is 0.167. The topological polar surface area (TPSA) is 59.9 Å². The Labute approximate surface area is 111 Å². The summed E-state index contributed by atoms with van der Waals surface area (Å²) in [6.07, 6.45) is 2.81. The Morgan fingerprint density at radius 3 is 2.33 bits per heavy atom.